The van der Waals surface area contributed by atoms with Gasteiger partial charge in [-0.2, -0.15) is 0 Å². The Morgan fingerprint density at radius 3 is 1.89 bits per heavy atom. The van der Waals surface area contributed by atoms with Gasteiger partial charge in [-0.15, -0.1) is 0 Å². The molecule has 3 rings (SSSR count). The summed E-state index contributed by atoms with van der Waals surface area (Å²) in [6.07, 6.45) is 9.17. The van der Waals surface area contributed by atoms with E-state index in [2.05, 4.69) is 12.2 Å². The molecule has 0 aromatic carbocycles. The Labute approximate surface area is 56.0 Å². The van der Waals surface area contributed by atoms with E-state index in [0.29, 0.717) is 0 Å². The molecule has 48 valence electrons. The van der Waals surface area contributed by atoms with Crippen LogP contribution in [0.15, 0.2) is 12.2 Å². The van der Waals surface area contributed by atoms with E-state index in [-0.39, 0.29) is 0 Å². The summed E-state index contributed by atoms with van der Waals surface area (Å²) in [6, 6.07) is 0. The number of hydrogen-bond acceptors (Lipinski definition) is 0. The third kappa shape index (κ3) is 0.417. The highest BCUT2D eigenvalue weighted by Gasteiger charge is 2.60. The first-order chi connectivity index (χ1) is 4.47. The molecule has 0 unspecified atom stereocenters. The molecule has 2 saturated carbocycles. The fourth-order valence-electron chi connectivity index (χ4n) is 2.92. The lowest BCUT2D eigenvalue weighted by Gasteiger charge is -2.37. The van der Waals surface area contributed by atoms with Crippen LogP contribution < -0.4 is 0 Å². The molecule has 0 aromatic rings. The second-order valence-corrected chi connectivity index (χ2v) is 3.83. The lowest BCUT2D eigenvalue weighted by molar-refractivity contribution is 0.150. The predicted molar refractivity (Wildman–Crippen MR) is 37.0 cm³/mol. The summed E-state index contributed by atoms with van der Waals surface area (Å²) in [6.45, 7) is 0. The van der Waals surface area contributed by atoms with Crippen LogP contribution in [0.2, 0.25) is 0 Å². The van der Waals surface area contributed by atoms with Gasteiger partial charge < -0.3 is 0 Å². The van der Waals surface area contributed by atoms with E-state index >= 15 is 0 Å². The van der Waals surface area contributed by atoms with Gasteiger partial charge in [0.1, 0.15) is 0 Å². The monoisotopic (exact) mass is 120 g/mol. The van der Waals surface area contributed by atoms with Crippen LogP contribution in [0.4, 0.5) is 0 Å². The number of hydrogen-bond donors (Lipinski definition) is 0. The van der Waals surface area contributed by atoms with Crippen LogP contribution in [0.5, 0.6) is 0 Å². The van der Waals surface area contributed by atoms with Crippen LogP contribution in [-0.4, -0.2) is 0 Å². The molecule has 0 atom stereocenters. The molecule has 3 aliphatic carbocycles. The average Bonchev–Trinajstić information content (AvgIpc) is 2.58. The standard InChI is InChI=1S/C9H12/c1-2-4-7-6(3-1)8-5-9(7)8/h1-2,6-9H,3-5H2. The highest BCUT2D eigenvalue weighted by molar-refractivity contribution is 5.14. The van der Waals surface area contributed by atoms with Gasteiger partial charge in [-0.1, -0.05) is 12.2 Å². The van der Waals surface area contributed by atoms with Gasteiger partial charge in [-0.05, 0) is 42.9 Å². The minimum Gasteiger partial charge on any atom is -0.0882 e. The fraction of sp³-hybridized carbons (Fsp3) is 0.778. The Hall–Kier alpha value is -0.260. The molecule has 3 aliphatic rings. The number of fused-ring (bicyclic) bond motifs is 4. The van der Waals surface area contributed by atoms with Crippen molar-refractivity contribution in [2.24, 2.45) is 23.7 Å². The second-order valence-electron chi connectivity index (χ2n) is 3.83. The summed E-state index contributed by atoms with van der Waals surface area (Å²) in [5, 5.41) is 0. The third-order valence-electron chi connectivity index (χ3n) is 3.52. The molecule has 2 fully saturated rings. The van der Waals surface area contributed by atoms with Gasteiger partial charge in [-0.25, -0.2) is 0 Å². The van der Waals surface area contributed by atoms with Gasteiger partial charge in [0.15, 0.2) is 0 Å². The van der Waals surface area contributed by atoms with Crippen molar-refractivity contribution in [3.05, 3.63) is 12.2 Å². The molecule has 0 spiro atoms. The van der Waals surface area contributed by atoms with Crippen molar-refractivity contribution in [1.29, 1.82) is 0 Å². The van der Waals surface area contributed by atoms with Gasteiger partial charge in [-0.3, -0.25) is 0 Å². The number of rotatable bonds is 0. The van der Waals surface area contributed by atoms with Crippen LogP contribution >= 0.6 is 0 Å². The molecule has 0 N–H and O–H groups in total. The zero-order chi connectivity index (χ0) is 5.84. The topological polar surface area (TPSA) is 0 Å². The maximum absolute atomic E-state index is 2.38. The number of allylic oxidation sites excluding steroid dienone is 2. The Morgan fingerprint density at radius 2 is 1.33 bits per heavy atom. The molecule has 0 bridgehead atoms. The Kier molecular flexibility index (Phi) is 0.633. The lowest BCUT2D eigenvalue weighted by Crippen LogP contribution is -2.30. The van der Waals surface area contributed by atoms with Gasteiger partial charge in [0.05, 0.1) is 0 Å². The fourth-order valence-corrected chi connectivity index (χ4v) is 2.92. The average molecular weight is 120 g/mol. The third-order valence-corrected chi connectivity index (χ3v) is 3.52. The predicted octanol–water partition coefficient (Wildman–Crippen LogP) is 2.22. The first-order valence-electron chi connectivity index (χ1n) is 4.12. The largest absolute Gasteiger partial charge is 0.0882 e. The molecule has 0 aromatic heterocycles. The van der Waals surface area contributed by atoms with Crippen molar-refractivity contribution in [1.82, 2.24) is 0 Å². The second kappa shape index (κ2) is 1.25. The van der Waals surface area contributed by atoms with E-state index in [9.17, 15) is 0 Å². The van der Waals surface area contributed by atoms with E-state index in [4.69, 9.17) is 0 Å². The summed E-state index contributed by atoms with van der Waals surface area (Å²) in [7, 11) is 0. The molecule has 0 amide bonds. The lowest BCUT2D eigenvalue weighted by atomic mass is 9.68. The molecule has 9 heavy (non-hydrogen) atoms. The molecular formula is C9H12. The first kappa shape index (κ1) is 4.54. The molecule has 0 heteroatoms. The Balaban J connectivity index is 1.89. The van der Waals surface area contributed by atoms with E-state index in [1.807, 2.05) is 0 Å². The minimum atomic E-state index is 1.14. The summed E-state index contributed by atoms with van der Waals surface area (Å²) in [5.41, 5.74) is 0. The zero-order valence-corrected chi connectivity index (χ0v) is 5.59. The van der Waals surface area contributed by atoms with Crippen molar-refractivity contribution in [3.63, 3.8) is 0 Å². The summed E-state index contributed by atoms with van der Waals surface area (Å²) in [5.74, 6) is 4.67. The Bertz CT molecular complexity index is 151. The summed E-state index contributed by atoms with van der Waals surface area (Å²) < 4.78 is 0. The molecular weight excluding hydrogens is 108 g/mol. The van der Waals surface area contributed by atoms with Crippen LogP contribution in [-0.2, 0) is 0 Å². The van der Waals surface area contributed by atoms with Gasteiger partial charge >= 0.3 is 0 Å². The first-order valence-corrected chi connectivity index (χ1v) is 4.12. The van der Waals surface area contributed by atoms with E-state index < -0.39 is 0 Å². The highest BCUT2D eigenvalue weighted by Crippen LogP contribution is 2.67. The molecule has 0 heterocycles. The van der Waals surface area contributed by atoms with Crippen molar-refractivity contribution in [2.75, 3.05) is 0 Å². The van der Waals surface area contributed by atoms with Gasteiger partial charge in [0.2, 0.25) is 0 Å². The van der Waals surface area contributed by atoms with Gasteiger partial charge in [0, 0.05) is 0 Å². The summed E-state index contributed by atoms with van der Waals surface area (Å²) in [4.78, 5) is 0. The smallest absolute Gasteiger partial charge is 0.0314 e. The van der Waals surface area contributed by atoms with Crippen molar-refractivity contribution in [2.45, 2.75) is 19.3 Å². The van der Waals surface area contributed by atoms with E-state index in [1.165, 1.54) is 24.7 Å². The quantitative estimate of drug-likeness (QED) is 0.430. The molecule has 0 radical (unpaired) electrons. The Morgan fingerprint density at radius 1 is 0.778 bits per heavy atom. The maximum Gasteiger partial charge on any atom is -0.0314 e. The van der Waals surface area contributed by atoms with Crippen molar-refractivity contribution in [3.8, 4) is 0 Å². The SMILES string of the molecule is C1=CCC2C(C1)C1CC21. The zero-order valence-electron chi connectivity index (χ0n) is 5.59. The van der Waals surface area contributed by atoms with Crippen LogP contribution in [0.25, 0.3) is 0 Å². The maximum atomic E-state index is 2.38. The van der Waals surface area contributed by atoms with E-state index in [1.54, 1.807) is 6.42 Å². The van der Waals surface area contributed by atoms with Crippen LogP contribution in [0.1, 0.15) is 19.3 Å². The minimum absolute atomic E-state index is 1.14. The normalized spacial score (nSPS) is 59.6. The highest BCUT2D eigenvalue weighted by atomic mass is 14.6. The van der Waals surface area contributed by atoms with Gasteiger partial charge in [0.25, 0.3) is 0 Å². The van der Waals surface area contributed by atoms with Crippen molar-refractivity contribution < 1.29 is 0 Å². The molecule has 0 aliphatic heterocycles. The van der Waals surface area contributed by atoms with Crippen LogP contribution in [0, 0.1) is 23.7 Å². The molecule has 0 nitrogen and oxygen atoms in total. The molecule has 0 saturated heterocycles. The van der Waals surface area contributed by atoms with E-state index in [0.717, 1.165) is 11.8 Å². The summed E-state index contributed by atoms with van der Waals surface area (Å²) >= 11 is 0. The van der Waals surface area contributed by atoms with Crippen molar-refractivity contribution >= 4 is 0 Å². The van der Waals surface area contributed by atoms with Crippen LogP contribution in [0.3, 0.4) is 0 Å².